The van der Waals surface area contributed by atoms with Crippen LogP contribution in [0.25, 0.3) is 0 Å². The Morgan fingerprint density at radius 2 is 2.24 bits per heavy atom. The first-order chi connectivity index (χ1) is 8.29. The van der Waals surface area contributed by atoms with E-state index in [1.54, 1.807) is 18.1 Å². The van der Waals surface area contributed by atoms with Crippen LogP contribution >= 0.6 is 11.8 Å². The summed E-state index contributed by atoms with van der Waals surface area (Å²) in [6.45, 7) is 0.923. The number of thioether (sulfide) groups is 1. The van der Waals surface area contributed by atoms with Gasteiger partial charge in [0.05, 0.1) is 0 Å². The van der Waals surface area contributed by atoms with Crippen molar-refractivity contribution in [2.75, 3.05) is 18.1 Å². The molecule has 1 saturated carbocycles. The monoisotopic (exact) mass is 252 g/mol. The lowest BCUT2D eigenvalue weighted by molar-refractivity contribution is 0.321. The van der Waals surface area contributed by atoms with E-state index in [0.29, 0.717) is 12.0 Å². The van der Waals surface area contributed by atoms with Gasteiger partial charge in [-0.2, -0.15) is 0 Å². The van der Waals surface area contributed by atoms with E-state index in [4.69, 9.17) is 5.73 Å². The Morgan fingerprint density at radius 1 is 1.41 bits per heavy atom. The van der Waals surface area contributed by atoms with E-state index >= 15 is 0 Å². The summed E-state index contributed by atoms with van der Waals surface area (Å²) in [7, 11) is 0. The SMILES string of the molecule is CSc1cc(NCC2CCCCC2N)ncn1. The van der Waals surface area contributed by atoms with Crippen LogP contribution in [0.2, 0.25) is 0 Å². The summed E-state index contributed by atoms with van der Waals surface area (Å²) in [5.41, 5.74) is 6.12. The molecule has 0 aliphatic heterocycles. The van der Waals surface area contributed by atoms with Crippen LogP contribution in [0.1, 0.15) is 25.7 Å². The number of nitrogens with zero attached hydrogens (tertiary/aromatic N) is 2. The molecule has 1 aromatic heterocycles. The van der Waals surface area contributed by atoms with Crippen molar-refractivity contribution in [2.45, 2.75) is 36.8 Å². The van der Waals surface area contributed by atoms with Gasteiger partial charge in [0, 0.05) is 18.7 Å². The molecule has 3 N–H and O–H groups in total. The molecule has 4 nitrogen and oxygen atoms in total. The zero-order chi connectivity index (χ0) is 12.1. The van der Waals surface area contributed by atoms with Crippen molar-refractivity contribution in [1.82, 2.24) is 9.97 Å². The summed E-state index contributed by atoms with van der Waals surface area (Å²) in [4.78, 5) is 8.38. The highest BCUT2D eigenvalue weighted by Gasteiger charge is 2.21. The third kappa shape index (κ3) is 3.57. The van der Waals surface area contributed by atoms with Crippen molar-refractivity contribution in [1.29, 1.82) is 0 Å². The smallest absolute Gasteiger partial charge is 0.130 e. The van der Waals surface area contributed by atoms with Gasteiger partial charge in [-0.1, -0.05) is 12.8 Å². The van der Waals surface area contributed by atoms with Gasteiger partial charge in [-0.15, -0.1) is 11.8 Å². The van der Waals surface area contributed by atoms with Crippen molar-refractivity contribution in [3.63, 3.8) is 0 Å². The number of hydrogen-bond acceptors (Lipinski definition) is 5. The lowest BCUT2D eigenvalue weighted by Crippen LogP contribution is -2.37. The number of nitrogens with two attached hydrogens (primary N) is 1. The zero-order valence-corrected chi connectivity index (χ0v) is 11.0. The maximum atomic E-state index is 6.12. The van der Waals surface area contributed by atoms with Crippen molar-refractivity contribution in [3.05, 3.63) is 12.4 Å². The number of anilines is 1. The third-order valence-electron chi connectivity index (χ3n) is 3.36. The van der Waals surface area contributed by atoms with Gasteiger partial charge in [-0.3, -0.25) is 0 Å². The first kappa shape index (κ1) is 12.6. The minimum atomic E-state index is 0.345. The lowest BCUT2D eigenvalue weighted by Gasteiger charge is -2.28. The fourth-order valence-corrected chi connectivity index (χ4v) is 2.66. The van der Waals surface area contributed by atoms with E-state index in [1.165, 1.54) is 19.3 Å². The van der Waals surface area contributed by atoms with Crippen LogP contribution in [0.15, 0.2) is 17.4 Å². The normalized spacial score (nSPS) is 24.6. The first-order valence-electron chi connectivity index (χ1n) is 6.15. The van der Waals surface area contributed by atoms with E-state index in [0.717, 1.165) is 23.8 Å². The molecule has 94 valence electrons. The molecular formula is C12H20N4S. The topological polar surface area (TPSA) is 63.8 Å². The zero-order valence-electron chi connectivity index (χ0n) is 10.2. The molecule has 0 aromatic carbocycles. The quantitative estimate of drug-likeness (QED) is 0.635. The largest absolute Gasteiger partial charge is 0.370 e. The van der Waals surface area contributed by atoms with Gasteiger partial charge in [0.15, 0.2) is 0 Å². The Morgan fingerprint density at radius 3 is 3.00 bits per heavy atom. The molecule has 2 rings (SSSR count). The van der Waals surface area contributed by atoms with E-state index in [-0.39, 0.29) is 0 Å². The predicted molar refractivity (Wildman–Crippen MR) is 72.2 cm³/mol. The maximum absolute atomic E-state index is 6.12. The Hall–Kier alpha value is -0.810. The highest BCUT2D eigenvalue weighted by molar-refractivity contribution is 7.98. The first-order valence-corrected chi connectivity index (χ1v) is 7.37. The Bertz CT molecular complexity index is 358. The summed E-state index contributed by atoms with van der Waals surface area (Å²) < 4.78 is 0. The average molecular weight is 252 g/mol. The molecule has 2 unspecified atom stereocenters. The maximum Gasteiger partial charge on any atom is 0.130 e. The van der Waals surface area contributed by atoms with Gasteiger partial charge >= 0.3 is 0 Å². The van der Waals surface area contributed by atoms with Gasteiger partial charge in [-0.25, -0.2) is 9.97 Å². The third-order valence-corrected chi connectivity index (χ3v) is 4.01. The molecule has 0 spiro atoms. The van der Waals surface area contributed by atoms with Crippen LogP contribution in [0.5, 0.6) is 0 Å². The lowest BCUT2D eigenvalue weighted by atomic mass is 9.85. The second kappa shape index (κ2) is 6.21. The molecule has 0 saturated heterocycles. The van der Waals surface area contributed by atoms with Crippen LogP contribution in [0.4, 0.5) is 5.82 Å². The minimum absolute atomic E-state index is 0.345. The summed E-state index contributed by atoms with van der Waals surface area (Å²) in [5, 5.41) is 4.37. The molecule has 0 radical (unpaired) electrons. The Labute approximate surface area is 107 Å². The molecule has 0 amide bonds. The van der Waals surface area contributed by atoms with Gasteiger partial charge < -0.3 is 11.1 Å². The molecule has 1 aliphatic carbocycles. The van der Waals surface area contributed by atoms with Crippen LogP contribution in [-0.4, -0.2) is 28.8 Å². The van der Waals surface area contributed by atoms with Crippen molar-refractivity contribution < 1.29 is 0 Å². The van der Waals surface area contributed by atoms with Gasteiger partial charge in [0.2, 0.25) is 0 Å². The van der Waals surface area contributed by atoms with Crippen LogP contribution in [0.3, 0.4) is 0 Å². The molecular weight excluding hydrogens is 232 g/mol. The molecule has 1 aliphatic rings. The molecule has 1 fully saturated rings. The molecule has 17 heavy (non-hydrogen) atoms. The highest BCUT2D eigenvalue weighted by Crippen LogP contribution is 2.23. The van der Waals surface area contributed by atoms with Crippen LogP contribution in [0, 0.1) is 5.92 Å². The number of rotatable bonds is 4. The van der Waals surface area contributed by atoms with Crippen LogP contribution < -0.4 is 11.1 Å². The van der Waals surface area contributed by atoms with Crippen molar-refractivity contribution in [3.8, 4) is 0 Å². The van der Waals surface area contributed by atoms with Crippen LogP contribution in [-0.2, 0) is 0 Å². The summed E-state index contributed by atoms with van der Waals surface area (Å²) in [5.74, 6) is 1.48. The predicted octanol–water partition coefficient (Wildman–Crippen LogP) is 2.13. The van der Waals surface area contributed by atoms with E-state index in [9.17, 15) is 0 Å². The fraction of sp³-hybridized carbons (Fsp3) is 0.667. The van der Waals surface area contributed by atoms with E-state index in [2.05, 4.69) is 15.3 Å². The second-order valence-corrected chi connectivity index (χ2v) is 5.36. The Balaban J connectivity index is 1.88. The van der Waals surface area contributed by atoms with Gasteiger partial charge in [0.1, 0.15) is 17.2 Å². The van der Waals surface area contributed by atoms with Crippen molar-refractivity contribution in [2.24, 2.45) is 11.7 Å². The highest BCUT2D eigenvalue weighted by atomic mass is 32.2. The molecule has 2 atom stereocenters. The van der Waals surface area contributed by atoms with E-state index in [1.807, 2.05) is 12.3 Å². The van der Waals surface area contributed by atoms with Gasteiger partial charge in [-0.05, 0) is 25.0 Å². The molecule has 1 aromatic rings. The van der Waals surface area contributed by atoms with Crippen molar-refractivity contribution >= 4 is 17.6 Å². The Kier molecular flexibility index (Phi) is 4.62. The standard InChI is InChI=1S/C12H20N4S/c1-17-12-6-11(15-8-16-12)14-7-9-4-2-3-5-10(9)13/h6,8-10H,2-5,7,13H2,1H3,(H,14,15,16). The van der Waals surface area contributed by atoms with E-state index < -0.39 is 0 Å². The second-order valence-electron chi connectivity index (χ2n) is 4.53. The number of nitrogens with one attached hydrogen (secondary N) is 1. The number of hydrogen-bond donors (Lipinski definition) is 2. The average Bonchev–Trinajstić information content (AvgIpc) is 2.38. The summed E-state index contributed by atoms with van der Waals surface area (Å²) >= 11 is 1.63. The molecule has 0 bridgehead atoms. The van der Waals surface area contributed by atoms with Gasteiger partial charge in [0.25, 0.3) is 0 Å². The summed E-state index contributed by atoms with van der Waals surface area (Å²) in [6.07, 6.45) is 8.60. The molecule has 1 heterocycles. The summed E-state index contributed by atoms with van der Waals surface area (Å²) in [6, 6.07) is 2.33. The minimum Gasteiger partial charge on any atom is -0.370 e. The molecule has 5 heteroatoms. The fourth-order valence-electron chi connectivity index (χ4n) is 2.27. The number of aromatic nitrogens is 2.